The summed E-state index contributed by atoms with van der Waals surface area (Å²) in [5.41, 5.74) is 0. The molecule has 5 heteroatoms. The quantitative estimate of drug-likeness (QED) is 0.899. The van der Waals surface area contributed by atoms with Crippen molar-refractivity contribution in [2.24, 2.45) is 5.92 Å². The van der Waals surface area contributed by atoms with E-state index in [2.05, 4.69) is 36.2 Å². The molecule has 3 rings (SSSR count). The number of amides is 1. The number of hydrogen-bond acceptors (Lipinski definition) is 4. The lowest BCUT2D eigenvalue weighted by molar-refractivity contribution is -0.124. The Morgan fingerprint density at radius 1 is 1.29 bits per heavy atom. The summed E-state index contributed by atoms with van der Waals surface area (Å²) >= 11 is 0. The molecule has 1 aromatic rings. The minimum Gasteiger partial charge on any atom is -0.464 e. The highest BCUT2D eigenvalue weighted by Gasteiger charge is 2.31. The fourth-order valence-corrected chi connectivity index (χ4v) is 3.74. The van der Waals surface area contributed by atoms with E-state index in [1.165, 1.54) is 0 Å². The summed E-state index contributed by atoms with van der Waals surface area (Å²) < 4.78 is 11.3. The standard InChI is InChI=1S/C19H30N2O3/c1-3-16-4-5-18(24-16)17-12-14(2)6-9-21(17)13-19(22)20-15-7-10-23-11-8-15/h4-5,14-15,17H,3,6-13H2,1-2H3,(H,20,22)/t14-,17+/m0/s1. The van der Waals surface area contributed by atoms with Crippen molar-refractivity contribution in [2.75, 3.05) is 26.3 Å². The first kappa shape index (κ1) is 17.5. The summed E-state index contributed by atoms with van der Waals surface area (Å²) in [5, 5.41) is 3.17. The number of rotatable bonds is 5. The van der Waals surface area contributed by atoms with E-state index in [0.717, 1.165) is 63.4 Å². The number of hydrogen-bond donors (Lipinski definition) is 1. The Morgan fingerprint density at radius 2 is 2.08 bits per heavy atom. The summed E-state index contributed by atoms with van der Waals surface area (Å²) in [4.78, 5) is 14.8. The number of ether oxygens (including phenoxy) is 1. The second kappa shape index (κ2) is 8.17. The second-order valence-corrected chi connectivity index (χ2v) is 7.23. The number of nitrogens with zero attached hydrogens (tertiary/aromatic N) is 1. The fraction of sp³-hybridized carbons (Fsp3) is 0.737. The molecule has 0 spiro atoms. The van der Waals surface area contributed by atoms with Crippen LogP contribution in [0.2, 0.25) is 0 Å². The second-order valence-electron chi connectivity index (χ2n) is 7.23. The van der Waals surface area contributed by atoms with Crippen molar-refractivity contribution in [2.45, 2.75) is 58.0 Å². The van der Waals surface area contributed by atoms with Gasteiger partial charge in [-0.1, -0.05) is 13.8 Å². The molecule has 0 aromatic carbocycles. The van der Waals surface area contributed by atoms with Crippen molar-refractivity contribution < 1.29 is 13.9 Å². The van der Waals surface area contributed by atoms with E-state index in [-0.39, 0.29) is 18.0 Å². The Balaban J connectivity index is 1.61. The lowest BCUT2D eigenvalue weighted by atomic mass is 9.91. The topological polar surface area (TPSA) is 54.7 Å². The van der Waals surface area contributed by atoms with Crippen molar-refractivity contribution in [3.63, 3.8) is 0 Å². The van der Waals surface area contributed by atoms with E-state index >= 15 is 0 Å². The number of aryl methyl sites for hydroxylation is 1. The minimum absolute atomic E-state index is 0.128. The van der Waals surface area contributed by atoms with Crippen LogP contribution in [-0.2, 0) is 16.0 Å². The van der Waals surface area contributed by atoms with Gasteiger partial charge in [-0.2, -0.15) is 0 Å². The highest BCUT2D eigenvalue weighted by atomic mass is 16.5. The van der Waals surface area contributed by atoms with Crippen molar-refractivity contribution in [1.82, 2.24) is 10.2 Å². The summed E-state index contributed by atoms with van der Waals surface area (Å²) in [7, 11) is 0. The van der Waals surface area contributed by atoms with Crippen LogP contribution in [0.25, 0.3) is 0 Å². The predicted molar refractivity (Wildman–Crippen MR) is 92.8 cm³/mol. The molecular formula is C19H30N2O3. The molecule has 0 unspecified atom stereocenters. The molecule has 1 N–H and O–H groups in total. The molecule has 1 amide bonds. The van der Waals surface area contributed by atoms with Gasteiger partial charge in [0.2, 0.25) is 5.91 Å². The molecule has 0 radical (unpaired) electrons. The number of likely N-dealkylation sites (tertiary alicyclic amines) is 1. The molecule has 134 valence electrons. The van der Waals surface area contributed by atoms with Gasteiger partial charge in [-0.25, -0.2) is 0 Å². The zero-order chi connectivity index (χ0) is 16.9. The fourth-order valence-electron chi connectivity index (χ4n) is 3.74. The largest absolute Gasteiger partial charge is 0.464 e. The van der Waals surface area contributed by atoms with Gasteiger partial charge in [0, 0.05) is 25.7 Å². The highest BCUT2D eigenvalue weighted by Crippen LogP contribution is 2.34. The van der Waals surface area contributed by atoms with Crippen molar-refractivity contribution in [1.29, 1.82) is 0 Å². The molecule has 24 heavy (non-hydrogen) atoms. The summed E-state index contributed by atoms with van der Waals surface area (Å²) in [6.45, 7) is 7.30. The zero-order valence-corrected chi connectivity index (χ0v) is 14.9. The summed E-state index contributed by atoms with van der Waals surface area (Å²) in [6.07, 6.45) is 4.95. The van der Waals surface area contributed by atoms with Crippen molar-refractivity contribution in [3.05, 3.63) is 23.7 Å². The lowest BCUT2D eigenvalue weighted by Crippen LogP contribution is -2.46. The van der Waals surface area contributed by atoms with Crippen LogP contribution in [-0.4, -0.2) is 43.2 Å². The lowest BCUT2D eigenvalue weighted by Gasteiger charge is -2.37. The van der Waals surface area contributed by atoms with Gasteiger partial charge < -0.3 is 14.5 Å². The van der Waals surface area contributed by atoms with E-state index in [1.54, 1.807) is 0 Å². The number of furan rings is 1. The number of piperidine rings is 1. The Kier molecular flexibility index (Phi) is 5.95. The van der Waals surface area contributed by atoms with Gasteiger partial charge >= 0.3 is 0 Å². The third-order valence-corrected chi connectivity index (χ3v) is 5.27. The van der Waals surface area contributed by atoms with Crippen LogP contribution in [0.4, 0.5) is 0 Å². The van der Waals surface area contributed by atoms with Gasteiger partial charge in [-0.05, 0) is 50.3 Å². The van der Waals surface area contributed by atoms with E-state index in [4.69, 9.17) is 9.15 Å². The molecule has 2 saturated heterocycles. The SMILES string of the molecule is CCc1ccc([C@H]2C[C@@H](C)CCN2CC(=O)NC2CCOCC2)o1. The molecule has 3 heterocycles. The molecule has 1 aromatic heterocycles. The molecule has 5 nitrogen and oxygen atoms in total. The first-order chi connectivity index (χ1) is 11.7. The van der Waals surface area contributed by atoms with E-state index in [0.29, 0.717) is 12.5 Å². The average molecular weight is 334 g/mol. The smallest absolute Gasteiger partial charge is 0.234 e. The zero-order valence-electron chi connectivity index (χ0n) is 14.9. The molecule has 0 saturated carbocycles. The molecule has 0 aliphatic carbocycles. The Morgan fingerprint density at radius 3 is 2.79 bits per heavy atom. The molecule has 2 aliphatic heterocycles. The molecule has 2 fully saturated rings. The summed E-state index contributed by atoms with van der Waals surface area (Å²) in [5.74, 6) is 2.83. The van der Waals surface area contributed by atoms with Gasteiger partial charge in [0.15, 0.2) is 0 Å². The van der Waals surface area contributed by atoms with Gasteiger partial charge in [-0.3, -0.25) is 9.69 Å². The number of carbonyl (C=O) groups is 1. The van der Waals surface area contributed by atoms with Crippen LogP contribution in [0.1, 0.15) is 57.1 Å². The average Bonchev–Trinajstić information content (AvgIpc) is 3.06. The minimum atomic E-state index is 0.128. The van der Waals surface area contributed by atoms with Crippen LogP contribution in [0, 0.1) is 5.92 Å². The Labute approximate surface area is 144 Å². The maximum atomic E-state index is 12.5. The van der Waals surface area contributed by atoms with Gasteiger partial charge in [-0.15, -0.1) is 0 Å². The predicted octanol–water partition coefficient (Wildman–Crippen LogP) is 2.91. The number of carbonyl (C=O) groups excluding carboxylic acids is 1. The highest BCUT2D eigenvalue weighted by molar-refractivity contribution is 5.78. The van der Waals surface area contributed by atoms with Crippen molar-refractivity contribution in [3.8, 4) is 0 Å². The molecule has 2 aliphatic rings. The van der Waals surface area contributed by atoms with E-state index in [9.17, 15) is 4.79 Å². The first-order valence-corrected chi connectivity index (χ1v) is 9.35. The van der Waals surface area contributed by atoms with Gasteiger partial charge in [0.25, 0.3) is 0 Å². The first-order valence-electron chi connectivity index (χ1n) is 9.35. The van der Waals surface area contributed by atoms with Crippen molar-refractivity contribution >= 4 is 5.91 Å². The van der Waals surface area contributed by atoms with E-state index in [1.807, 2.05) is 0 Å². The van der Waals surface area contributed by atoms with Crippen LogP contribution >= 0.6 is 0 Å². The third-order valence-electron chi connectivity index (χ3n) is 5.27. The monoisotopic (exact) mass is 334 g/mol. The summed E-state index contributed by atoms with van der Waals surface area (Å²) in [6, 6.07) is 4.64. The molecule has 0 bridgehead atoms. The Bertz CT molecular complexity index is 536. The maximum Gasteiger partial charge on any atom is 0.234 e. The Hall–Kier alpha value is -1.33. The van der Waals surface area contributed by atoms with Crippen LogP contribution < -0.4 is 5.32 Å². The number of nitrogens with one attached hydrogen (secondary N) is 1. The van der Waals surface area contributed by atoms with Crippen LogP contribution in [0.5, 0.6) is 0 Å². The van der Waals surface area contributed by atoms with Gasteiger partial charge in [0.05, 0.1) is 12.6 Å². The third kappa shape index (κ3) is 4.39. The van der Waals surface area contributed by atoms with Crippen LogP contribution in [0.3, 0.4) is 0 Å². The normalized spacial score (nSPS) is 26.4. The maximum absolute atomic E-state index is 12.5. The van der Waals surface area contributed by atoms with E-state index < -0.39 is 0 Å². The van der Waals surface area contributed by atoms with Gasteiger partial charge in [0.1, 0.15) is 11.5 Å². The molecular weight excluding hydrogens is 304 g/mol. The molecule has 2 atom stereocenters. The van der Waals surface area contributed by atoms with Crippen LogP contribution in [0.15, 0.2) is 16.5 Å².